The second-order valence-electron chi connectivity index (χ2n) is 4.93. The first-order valence-corrected chi connectivity index (χ1v) is 5.34. The Hall–Kier alpha value is -1.38. The van der Waals surface area contributed by atoms with E-state index in [9.17, 15) is 0 Å². The quantitative estimate of drug-likeness (QED) is 0.685. The van der Waals surface area contributed by atoms with E-state index in [1.165, 1.54) is 0 Å². The molecule has 1 aliphatic rings. The molecule has 0 spiro atoms. The third-order valence-electron chi connectivity index (χ3n) is 3.20. The fourth-order valence-electron chi connectivity index (χ4n) is 1.45. The Labute approximate surface area is 106 Å². The molecule has 1 aliphatic heterocycles. The molecular formula is C12H15BN2O2. The summed E-state index contributed by atoms with van der Waals surface area (Å²) in [6.45, 7) is 7.45. The summed E-state index contributed by atoms with van der Waals surface area (Å²) >= 11 is 0. The number of hydrogen-bond acceptors (Lipinski definition) is 4. The molecule has 1 aromatic rings. The Bertz CT molecular complexity index is 598. The molecule has 0 unspecified atom stereocenters. The van der Waals surface area contributed by atoms with E-state index < -0.39 is 18.3 Å². The number of pyridine rings is 1. The molecule has 0 saturated carbocycles. The molecule has 0 bridgehead atoms. The Kier molecular flexibility index (Phi) is 1.95. The number of aromatic nitrogens is 1. The van der Waals surface area contributed by atoms with Crippen LogP contribution in [-0.4, -0.2) is 23.3 Å². The minimum absolute atomic E-state index is 0.0706. The average Bonchev–Trinajstić information content (AvgIpc) is 2.54. The van der Waals surface area contributed by atoms with Gasteiger partial charge in [-0.2, -0.15) is 5.26 Å². The Morgan fingerprint density at radius 2 is 1.94 bits per heavy atom. The van der Waals surface area contributed by atoms with Crippen LogP contribution in [0.1, 0.15) is 37.4 Å². The number of rotatable bonds is 1. The van der Waals surface area contributed by atoms with E-state index in [2.05, 4.69) is 4.98 Å². The first-order valence-electron chi connectivity index (χ1n) is 6.84. The Balaban J connectivity index is 2.52. The van der Waals surface area contributed by atoms with Crippen molar-refractivity contribution in [1.82, 2.24) is 4.98 Å². The molecule has 0 radical (unpaired) electrons. The molecule has 4 nitrogen and oxygen atoms in total. The van der Waals surface area contributed by atoms with Gasteiger partial charge in [-0.25, -0.2) is 0 Å². The Morgan fingerprint density at radius 3 is 2.47 bits per heavy atom. The normalized spacial score (nSPS) is 23.7. The smallest absolute Gasteiger partial charge is 0.398 e. The summed E-state index contributed by atoms with van der Waals surface area (Å²) in [7, 11) is -0.913. The summed E-state index contributed by atoms with van der Waals surface area (Å²) in [6, 6.07) is 1.20. The second kappa shape index (κ2) is 3.83. The van der Waals surface area contributed by atoms with Gasteiger partial charge in [0.1, 0.15) is 0 Å². The fraction of sp³-hybridized carbons (Fsp3) is 0.500. The summed E-state index contributed by atoms with van der Waals surface area (Å²) in [5.41, 5.74) is -1.31. The maximum Gasteiger partial charge on any atom is 0.514 e. The third-order valence-corrected chi connectivity index (χ3v) is 3.20. The van der Waals surface area contributed by atoms with Gasteiger partial charge in [0.05, 0.1) is 32.5 Å². The summed E-state index contributed by atoms with van der Waals surface area (Å²) in [4.78, 5) is 3.88. The molecule has 17 heavy (non-hydrogen) atoms. The van der Waals surface area contributed by atoms with Crippen molar-refractivity contribution in [2.75, 3.05) is 0 Å². The van der Waals surface area contributed by atoms with E-state index >= 15 is 0 Å². The van der Waals surface area contributed by atoms with Gasteiger partial charge in [-0.15, -0.1) is 0 Å². The first-order chi connectivity index (χ1) is 9.10. The molecule has 5 heteroatoms. The van der Waals surface area contributed by atoms with Crippen molar-refractivity contribution in [2.45, 2.75) is 38.9 Å². The zero-order valence-electron chi connectivity index (χ0n) is 13.3. The van der Waals surface area contributed by atoms with Crippen LogP contribution in [0.15, 0.2) is 18.3 Å². The van der Waals surface area contributed by atoms with E-state index in [4.69, 9.17) is 18.7 Å². The molecule has 1 saturated heterocycles. The third kappa shape index (κ3) is 2.06. The molecule has 2 rings (SSSR count). The Morgan fingerprint density at radius 1 is 1.35 bits per heavy atom. The highest BCUT2D eigenvalue weighted by Gasteiger charge is 2.52. The molecule has 1 fully saturated rings. The molecule has 0 N–H and O–H groups in total. The minimum atomic E-state index is -0.913. The van der Waals surface area contributed by atoms with Crippen molar-refractivity contribution in [1.29, 1.82) is 5.26 Å². The highest BCUT2D eigenvalue weighted by atomic mass is 16.7. The fourth-order valence-corrected chi connectivity index (χ4v) is 1.45. The molecule has 0 atom stereocenters. The predicted molar refractivity (Wildman–Crippen MR) is 64.7 cm³/mol. The molecule has 0 aliphatic carbocycles. The topological polar surface area (TPSA) is 55.1 Å². The van der Waals surface area contributed by atoms with Crippen molar-refractivity contribution < 1.29 is 13.4 Å². The van der Waals surface area contributed by atoms with Gasteiger partial charge in [-0.05, 0) is 39.8 Å². The lowest BCUT2D eigenvalue weighted by molar-refractivity contribution is 0.00578. The van der Waals surface area contributed by atoms with Crippen molar-refractivity contribution in [3.8, 4) is 6.07 Å². The van der Waals surface area contributed by atoms with Gasteiger partial charge < -0.3 is 9.31 Å². The van der Waals surface area contributed by atoms with Crippen LogP contribution in [0.25, 0.3) is 0 Å². The summed E-state index contributed by atoms with van der Waals surface area (Å²) < 4.78 is 34.7. The summed E-state index contributed by atoms with van der Waals surface area (Å²) in [6.07, 6.45) is -0.359. The summed E-state index contributed by atoms with van der Waals surface area (Å²) in [5.74, 6) is 0. The van der Waals surface area contributed by atoms with Crippen LogP contribution in [0.2, 0.25) is 0 Å². The second-order valence-corrected chi connectivity index (χ2v) is 4.93. The minimum Gasteiger partial charge on any atom is -0.398 e. The van der Waals surface area contributed by atoms with Gasteiger partial charge in [0.25, 0.3) is 0 Å². The molecule has 1 aromatic heterocycles. The molecule has 0 aromatic carbocycles. The molecule has 0 amide bonds. The van der Waals surface area contributed by atoms with Crippen LogP contribution in [-0.2, 0) is 9.31 Å². The van der Waals surface area contributed by atoms with Crippen molar-refractivity contribution in [3.05, 3.63) is 23.8 Å². The van der Waals surface area contributed by atoms with Crippen LogP contribution in [0.5, 0.6) is 0 Å². The largest absolute Gasteiger partial charge is 0.514 e. The zero-order chi connectivity index (χ0) is 15.3. The monoisotopic (exact) mass is 233 g/mol. The van der Waals surface area contributed by atoms with Crippen molar-refractivity contribution in [2.24, 2.45) is 0 Å². The van der Waals surface area contributed by atoms with Crippen LogP contribution < -0.4 is 5.59 Å². The predicted octanol–water partition coefficient (Wildman–Crippen LogP) is 1.25. The van der Waals surface area contributed by atoms with Gasteiger partial charge in [0.15, 0.2) is 0 Å². The van der Waals surface area contributed by atoms with Crippen LogP contribution in [0.4, 0.5) is 0 Å². The zero-order valence-corrected chi connectivity index (χ0v) is 10.3. The van der Waals surface area contributed by atoms with E-state index in [0.717, 1.165) is 0 Å². The van der Waals surface area contributed by atoms with Crippen LogP contribution in [0.3, 0.4) is 0 Å². The average molecular weight is 233 g/mol. The van der Waals surface area contributed by atoms with Gasteiger partial charge in [0, 0.05) is 6.17 Å². The SMILES string of the molecule is [2H]c1nc(B2OC(C)(C)C(C)(C)O2)c([2H])c(C#N)c1[2H]. The van der Waals surface area contributed by atoms with Crippen LogP contribution in [0, 0.1) is 11.3 Å². The maximum absolute atomic E-state index is 9.01. The van der Waals surface area contributed by atoms with E-state index in [0.29, 0.717) is 0 Å². The number of nitriles is 1. The van der Waals surface area contributed by atoms with Crippen LogP contribution >= 0.6 is 0 Å². The van der Waals surface area contributed by atoms with Crippen molar-refractivity contribution in [3.63, 3.8) is 0 Å². The lowest BCUT2D eigenvalue weighted by Crippen LogP contribution is -2.41. The van der Waals surface area contributed by atoms with Gasteiger partial charge in [0.2, 0.25) is 0 Å². The number of nitrogens with zero attached hydrogens (tertiary/aromatic N) is 2. The van der Waals surface area contributed by atoms with Gasteiger partial charge in [-0.1, -0.05) is 0 Å². The van der Waals surface area contributed by atoms with Gasteiger partial charge in [-0.3, -0.25) is 4.98 Å². The maximum atomic E-state index is 9.01. The standard InChI is InChI=1S/C12H15BN2O2/c1-11(2)12(3,4)17-13(16-11)10-7-9(8-14)5-6-15-10/h5-7H,1-4H3/i5D,6D,7D. The highest BCUT2D eigenvalue weighted by molar-refractivity contribution is 6.61. The van der Waals surface area contributed by atoms with Crippen molar-refractivity contribution >= 4 is 12.7 Å². The van der Waals surface area contributed by atoms with E-state index in [1.807, 2.05) is 27.7 Å². The lowest BCUT2D eigenvalue weighted by atomic mass is 9.83. The highest BCUT2D eigenvalue weighted by Crippen LogP contribution is 2.36. The first kappa shape index (κ1) is 8.68. The molecule has 88 valence electrons. The van der Waals surface area contributed by atoms with E-state index in [-0.39, 0.29) is 29.4 Å². The van der Waals surface area contributed by atoms with E-state index in [1.54, 1.807) is 6.07 Å². The number of hydrogen-bond donors (Lipinski definition) is 0. The molecular weight excluding hydrogens is 215 g/mol. The summed E-state index contributed by atoms with van der Waals surface area (Å²) in [5, 5.41) is 9.01. The molecule has 2 heterocycles. The van der Waals surface area contributed by atoms with Gasteiger partial charge >= 0.3 is 7.12 Å². The lowest BCUT2D eigenvalue weighted by Gasteiger charge is -2.32.